The Hall–Kier alpha value is -3.99. The van der Waals surface area contributed by atoms with Crippen molar-refractivity contribution < 1.29 is 14.4 Å². The lowest BCUT2D eigenvalue weighted by Crippen LogP contribution is -2.54. The first-order valence-corrected chi connectivity index (χ1v) is 10.9. The fourth-order valence-electron chi connectivity index (χ4n) is 4.06. The van der Waals surface area contributed by atoms with E-state index in [1.807, 2.05) is 44.2 Å². The highest BCUT2D eigenvalue weighted by molar-refractivity contribution is 6.39. The van der Waals surface area contributed by atoms with E-state index >= 15 is 0 Å². The van der Waals surface area contributed by atoms with Crippen molar-refractivity contribution in [1.82, 2.24) is 5.32 Å². The monoisotopic (exact) mass is 438 g/mol. The first-order chi connectivity index (χ1) is 15.7. The van der Waals surface area contributed by atoms with Crippen LogP contribution < -0.4 is 10.2 Å². The number of nitrogens with zero attached hydrogens (tertiary/aromatic N) is 1. The van der Waals surface area contributed by atoms with Gasteiger partial charge in [0.2, 0.25) is 0 Å². The van der Waals surface area contributed by atoms with Crippen LogP contribution in [0.25, 0.3) is 6.08 Å². The minimum Gasteiger partial charge on any atom is -0.273 e. The van der Waals surface area contributed by atoms with Crippen molar-refractivity contribution in [3.8, 4) is 0 Å². The van der Waals surface area contributed by atoms with Gasteiger partial charge in [-0.3, -0.25) is 14.9 Å². The van der Waals surface area contributed by atoms with Crippen LogP contribution in [0.4, 0.5) is 10.5 Å². The second kappa shape index (κ2) is 8.87. The van der Waals surface area contributed by atoms with Gasteiger partial charge in [0.1, 0.15) is 5.57 Å². The number of aryl methyl sites for hydroxylation is 4. The van der Waals surface area contributed by atoms with E-state index in [-0.39, 0.29) is 5.57 Å². The predicted octanol–water partition coefficient (Wildman–Crippen LogP) is 5.18. The molecule has 4 rings (SSSR count). The van der Waals surface area contributed by atoms with Gasteiger partial charge in [0, 0.05) is 0 Å². The van der Waals surface area contributed by atoms with Crippen molar-refractivity contribution in [3.63, 3.8) is 0 Å². The Labute approximate surface area is 193 Å². The largest absolute Gasteiger partial charge is 0.335 e. The van der Waals surface area contributed by atoms with Crippen LogP contribution in [0, 0.1) is 27.7 Å². The molecule has 5 nitrogen and oxygen atoms in total. The van der Waals surface area contributed by atoms with E-state index in [1.54, 1.807) is 12.1 Å². The number of carbonyl (C=O) groups excluding carboxylic acids is 3. The number of urea groups is 1. The molecule has 3 aromatic carbocycles. The zero-order chi connectivity index (χ0) is 23.7. The molecule has 0 aliphatic carbocycles. The fraction of sp³-hybridized carbons (Fsp3) is 0.179. The Balaban J connectivity index is 1.59. The minimum absolute atomic E-state index is 0.0742. The first-order valence-electron chi connectivity index (χ1n) is 10.9. The highest BCUT2D eigenvalue weighted by Crippen LogP contribution is 2.24. The van der Waals surface area contributed by atoms with Crippen LogP contribution >= 0.6 is 0 Å². The first kappa shape index (κ1) is 22.2. The summed E-state index contributed by atoms with van der Waals surface area (Å²) in [6.45, 7) is 8.04. The molecule has 1 aliphatic heterocycles. The predicted molar refractivity (Wildman–Crippen MR) is 130 cm³/mol. The summed E-state index contributed by atoms with van der Waals surface area (Å²) < 4.78 is 0. The number of rotatable bonds is 4. The van der Waals surface area contributed by atoms with Crippen LogP contribution in [-0.2, 0) is 16.0 Å². The molecule has 0 radical (unpaired) electrons. The van der Waals surface area contributed by atoms with Gasteiger partial charge in [-0.1, -0.05) is 59.7 Å². The lowest BCUT2D eigenvalue weighted by molar-refractivity contribution is -0.122. The topological polar surface area (TPSA) is 66.5 Å². The molecule has 33 heavy (non-hydrogen) atoms. The number of barbiturate groups is 1. The molecule has 0 aromatic heterocycles. The van der Waals surface area contributed by atoms with Gasteiger partial charge in [-0.2, -0.15) is 0 Å². The van der Waals surface area contributed by atoms with Crippen LogP contribution in [-0.4, -0.2) is 17.8 Å². The molecular formula is C28H26N2O3. The van der Waals surface area contributed by atoms with Crippen LogP contribution in [0.15, 0.2) is 66.2 Å². The van der Waals surface area contributed by atoms with Gasteiger partial charge < -0.3 is 0 Å². The second-order valence-corrected chi connectivity index (χ2v) is 8.64. The maximum atomic E-state index is 13.1. The third kappa shape index (κ3) is 4.77. The fourth-order valence-corrected chi connectivity index (χ4v) is 4.06. The summed E-state index contributed by atoms with van der Waals surface area (Å²) in [5.41, 5.74) is 7.92. The molecule has 0 spiro atoms. The summed E-state index contributed by atoms with van der Waals surface area (Å²) in [7, 11) is 0. The van der Waals surface area contributed by atoms with E-state index in [2.05, 4.69) is 37.4 Å². The molecule has 0 saturated carbocycles. The Morgan fingerprint density at radius 1 is 0.758 bits per heavy atom. The Morgan fingerprint density at radius 2 is 1.42 bits per heavy atom. The van der Waals surface area contributed by atoms with E-state index < -0.39 is 17.8 Å². The minimum atomic E-state index is -0.741. The number of hydrogen-bond acceptors (Lipinski definition) is 3. The summed E-state index contributed by atoms with van der Waals surface area (Å²) in [6, 6.07) is 18.8. The number of carbonyl (C=O) groups is 3. The summed E-state index contributed by atoms with van der Waals surface area (Å²) in [5.74, 6) is -1.32. The second-order valence-electron chi connectivity index (χ2n) is 8.64. The lowest BCUT2D eigenvalue weighted by atomic mass is 9.99. The molecule has 1 N–H and O–H groups in total. The Bertz CT molecular complexity index is 1280. The molecule has 0 atom stereocenters. The average Bonchev–Trinajstić information content (AvgIpc) is 2.74. The van der Waals surface area contributed by atoms with E-state index in [9.17, 15) is 14.4 Å². The number of hydrogen-bond donors (Lipinski definition) is 1. The molecule has 3 aromatic rings. The third-order valence-electron chi connectivity index (χ3n) is 5.83. The maximum Gasteiger partial charge on any atom is 0.335 e. The summed E-state index contributed by atoms with van der Waals surface area (Å²) in [5, 5.41) is 2.28. The highest BCUT2D eigenvalue weighted by atomic mass is 16.2. The van der Waals surface area contributed by atoms with Gasteiger partial charge in [-0.05, 0) is 80.1 Å². The van der Waals surface area contributed by atoms with Gasteiger partial charge in [0.05, 0.1) is 5.69 Å². The standard InChI is InChI=1S/C28H26N2O3/c1-17-11-18(2)13-23(12-17)15-21-6-8-22(9-7-21)16-25-26(31)29-28(33)30(27(25)32)24-10-5-19(3)20(4)14-24/h5-14,16H,15H2,1-4H3,(H,29,31,33)/b25-16+. The average molecular weight is 439 g/mol. The molecular weight excluding hydrogens is 412 g/mol. The van der Waals surface area contributed by atoms with Crippen LogP contribution in [0.3, 0.4) is 0 Å². The van der Waals surface area contributed by atoms with Gasteiger partial charge in [0.15, 0.2) is 0 Å². The number of amides is 4. The number of nitrogens with one attached hydrogen (secondary N) is 1. The molecule has 5 heteroatoms. The Kier molecular flexibility index (Phi) is 5.97. The molecule has 4 amide bonds. The number of imide groups is 2. The molecule has 0 bridgehead atoms. The molecule has 1 aliphatic rings. The zero-order valence-corrected chi connectivity index (χ0v) is 19.2. The van der Waals surface area contributed by atoms with Gasteiger partial charge in [-0.15, -0.1) is 0 Å². The van der Waals surface area contributed by atoms with Crippen molar-refractivity contribution in [3.05, 3.63) is 105 Å². The smallest absolute Gasteiger partial charge is 0.273 e. The van der Waals surface area contributed by atoms with Gasteiger partial charge in [-0.25, -0.2) is 9.69 Å². The van der Waals surface area contributed by atoms with E-state index in [0.29, 0.717) is 11.3 Å². The van der Waals surface area contributed by atoms with Crippen LogP contribution in [0.2, 0.25) is 0 Å². The molecule has 1 heterocycles. The van der Waals surface area contributed by atoms with Crippen molar-refractivity contribution >= 4 is 29.6 Å². The van der Waals surface area contributed by atoms with E-state index in [0.717, 1.165) is 28.0 Å². The van der Waals surface area contributed by atoms with Gasteiger partial charge in [0.25, 0.3) is 11.8 Å². The lowest BCUT2D eigenvalue weighted by Gasteiger charge is -2.26. The Morgan fingerprint density at radius 3 is 2.06 bits per heavy atom. The number of benzene rings is 3. The third-order valence-corrected chi connectivity index (χ3v) is 5.83. The molecule has 1 fully saturated rings. The van der Waals surface area contributed by atoms with Crippen LogP contribution in [0.1, 0.15) is 38.9 Å². The highest BCUT2D eigenvalue weighted by Gasteiger charge is 2.36. The van der Waals surface area contributed by atoms with E-state index in [1.165, 1.54) is 22.8 Å². The van der Waals surface area contributed by atoms with Gasteiger partial charge >= 0.3 is 6.03 Å². The molecule has 1 saturated heterocycles. The SMILES string of the molecule is Cc1cc(C)cc(Cc2ccc(/C=C3\C(=O)NC(=O)N(c4ccc(C)c(C)c4)C3=O)cc2)c1. The zero-order valence-electron chi connectivity index (χ0n) is 19.2. The van der Waals surface area contributed by atoms with Crippen LogP contribution in [0.5, 0.6) is 0 Å². The van der Waals surface area contributed by atoms with E-state index in [4.69, 9.17) is 0 Å². The maximum absolute atomic E-state index is 13.1. The number of anilines is 1. The van der Waals surface area contributed by atoms with Crippen molar-refractivity contribution in [2.75, 3.05) is 4.90 Å². The summed E-state index contributed by atoms with van der Waals surface area (Å²) in [6.07, 6.45) is 2.33. The van der Waals surface area contributed by atoms with Crippen molar-refractivity contribution in [1.29, 1.82) is 0 Å². The molecule has 166 valence electrons. The summed E-state index contributed by atoms with van der Waals surface area (Å²) >= 11 is 0. The summed E-state index contributed by atoms with van der Waals surface area (Å²) in [4.78, 5) is 39.0. The normalized spacial score (nSPS) is 15.2. The molecule has 0 unspecified atom stereocenters. The van der Waals surface area contributed by atoms with Crippen molar-refractivity contribution in [2.45, 2.75) is 34.1 Å². The van der Waals surface area contributed by atoms with Crippen molar-refractivity contribution in [2.24, 2.45) is 0 Å². The quantitative estimate of drug-likeness (QED) is 0.451.